The van der Waals surface area contributed by atoms with Gasteiger partial charge in [-0.1, -0.05) is 6.92 Å². The Balaban J connectivity index is 1.49. The van der Waals surface area contributed by atoms with Gasteiger partial charge in [-0.15, -0.1) is 0 Å². The Morgan fingerprint density at radius 2 is 2.47 bits per heavy atom. The van der Waals surface area contributed by atoms with Crippen LogP contribution in [-0.2, 0) is 24.3 Å². The maximum atomic E-state index is 5.57. The Bertz CT molecular complexity index is 486. The van der Waals surface area contributed by atoms with Crippen molar-refractivity contribution in [2.45, 2.75) is 26.5 Å². The van der Waals surface area contributed by atoms with Crippen LogP contribution in [0.1, 0.15) is 23.9 Å². The van der Waals surface area contributed by atoms with E-state index in [2.05, 4.69) is 27.3 Å². The highest BCUT2D eigenvalue weighted by Crippen LogP contribution is 2.39. The van der Waals surface area contributed by atoms with E-state index in [0.29, 0.717) is 5.41 Å². The van der Waals surface area contributed by atoms with Crippen molar-refractivity contribution in [3.63, 3.8) is 0 Å². The molecule has 5 heteroatoms. The van der Waals surface area contributed by atoms with Crippen LogP contribution in [-0.4, -0.2) is 47.9 Å². The van der Waals surface area contributed by atoms with E-state index in [1.165, 1.54) is 36.6 Å². The maximum Gasteiger partial charge on any atom is 0.0820 e. The summed E-state index contributed by atoms with van der Waals surface area (Å²) in [7, 11) is 0. The first-order valence-electron chi connectivity index (χ1n) is 7.30. The zero-order valence-corrected chi connectivity index (χ0v) is 11.5. The minimum atomic E-state index is 0.465. The first kappa shape index (κ1) is 11.9. The zero-order valence-electron chi connectivity index (χ0n) is 11.5. The molecule has 2 fully saturated rings. The minimum absolute atomic E-state index is 0.465. The Morgan fingerprint density at radius 3 is 3.37 bits per heavy atom. The smallest absolute Gasteiger partial charge is 0.0820 e. The molecular formula is C14H22N4O. The summed E-state index contributed by atoms with van der Waals surface area (Å²) < 4.78 is 5.57. The number of aromatic amines is 1. The average molecular weight is 262 g/mol. The quantitative estimate of drug-likeness (QED) is 0.816. The molecule has 0 aromatic carbocycles. The van der Waals surface area contributed by atoms with Crippen LogP contribution in [0.3, 0.4) is 0 Å². The topological polar surface area (TPSA) is 53.2 Å². The molecule has 104 valence electrons. The summed E-state index contributed by atoms with van der Waals surface area (Å²) in [6, 6.07) is 0. The van der Waals surface area contributed by atoms with Crippen LogP contribution in [0.25, 0.3) is 0 Å². The molecule has 0 unspecified atom stereocenters. The number of fused-ring (bicyclic) bond motifs is 2. The highest BCUT2D eigenvalue weighted by atomic mass is 16.5. The van der Waals surface area contributed by atoms with E-state index in [-0.39, 0.29) is 0 Å². The van der Waals surface area contributed by atoms with Gasteiger partial charge in [0, 0.05) is 43.9 Å². The van der Waals surface area contributed by atoms with Crippen LogP contribution in [0.5, 0.6) is 0 Å². The highest BCUT2D eigenvalue weighted by Gasteiger charge is 2.46. The Hall–Kier alpha value is -0.910. The molecule has 1 aromatic rings. The number of H-pyrrole nitrogens is 1. The van der Waals surface area contributed by atoms with Gasteiger partial charge in [-0.3, -0.25) is 10.00 Å². The van der Waals surface area contributed by atoms with Gasteiger partial charge in [0.15, 0.2) is 0 Å². The van der Waals surface area contributed by atoms with Crippen molar-refractivity contribution in [2.24, 2.45) is 11.3 Å². The van der Waals surface area contributed by atoms with Crippen LogP contribution in [0.4, 0.5) is 0 Å². The van der Waals surface area contributed by atoms with Crippen molar-refractivity contribution in [1.29, 1.82) is 0 Å². The molecule has 3 aliphatic heterocycles. The van der Waals surface area contributed by atoms with Crippen molar-refractivity contribution < 1.29 is 4.74 Å². The summed E-state index contributed by atoms with van der Waals surface area (Å²) in [6.45, 7) is 9.67. The number of nitrogens with zero attached hydrogens (tertiary/aromatic N) is 2. The Labute approximate surface area is 113 Å². The normalized spacial score (nSPS) is 34.5. The van der Waals surface area contributed by atoms with E-state index in [4.69, 9.17) is 4.74 Å². The number of rotatable bonds is 2. The third-order valence-electron chi connectivity index (χ3n) is 5.12. The molecule has 0 aliphatic carbocycles. The third-order valence-corrected chi connectivity index (χ3v) is 5.12. The van der Waals surface area contributed by atoms with Crippen molar-refractivity contribution in [1.82, 2.24) is 20.4 Å². The van der Waals surface area contributed by atoms with Crippen molar-refractivity contribution >= 4 is 0 Å². The Kier molecular flexibility index (Phi) is 2.69. The van der Waals surface area contributed by atoms with Crippen molar-refractivity contribution in [3.8, 4) is 0 Å². The molecular weight excluding hydrogens is 240 g/mol. The SMILES string of the molecule is C[C@]12CNC[C@H]1CN(Cc1n[nH]c3c1COCC3)C2. The molecule has 0 radical (unpaired) electrons. The monoisotopic (exact) mass is 262 g/mol. The molecule has 5 nitrogen and oxygen atoms in total. The third kappa shape index (κ3) is 1.91. The maximum absolute atomic E-state index is 5.57. The molecule has 19 heavy (non-hydrogen) atoms. The summed E-state index contributed by atoms with van der Waals surface area (Å²) in [5, 5.41) is 11.2. The van der Waals surface area contributed by atoms with Gasteiger partial charge in [0.25, 0.3) is 0 Å². The number of aromatic nitrogens is 2. The van der Waals surface area contributed by atoms with E-state index in [1.54, 1.807) is 0 Å². The van der Waals surface area contributed by atoms with Crippen LogP contribution in [0.15, 0.2) is 0 Å². The van der Waals surface area contributed by atoms with Crippen molar-refractivity contribution in [3.05, 3.63) is 17.0 Å². The zero-order chi connectivity index (χ0) is 12.9. The van der Waals surface area contributed by atoms with Gasteiger partial charge in [0.2, 0.25) is 0 Å². The first-order chi connectivity index (χ1) is 9.24. The lowest BCUT2D eigenvalue weighted by Crippen LogP contribution is -2.30. The summed E-state index contributed by atoms with van der Waals surface area (Å²) in [4.78, 5) is 2.57. The van der Waals surface area contributed by atoms with E-state index >= 15 is 0 Å². The Morgan fingerprint density at radius 1 is 1.53 bits per heavy atom. The predicted octanol–water partition coefficient (Wildman–Crippen LogP) is 0.524. The lowest BCUT2D eigenvalue weighted by molar-refractivity contribution is 0.109. The van der Waals surface area contributed by atoms with E-state index < -0.39 is 0 Å². The van der Waals surface area contributed by atoms with Gasteiger partial charge in [-0.05, 0) is 17.9 Å². The highest BCUT2D eigenvalue weighted by molar-refractivity contribution is 5.26. The number of nitrogens with one attached hydrogen (secondary N) is 2. The van der Waals surface area contributed by atoms with Crippen LogP contribution >= 0.6 is 0 Å². The standard InChI is InChI=1S/C14H22N4O/c1-14-8-15-4-10(14)5-18(9-14)6-13-11-7-19-3-2-12(11)16-17-13/h10,15H,2-9H2,1H3,(H,16,17)/t10-,14+/m0/s1. The summed E-state index contributed by atoms with van der Waals surface area (Å²) in [5.74, 6) is 0.804. The lowest BCUT2D eigenvalue weighted by atomic mass is 9.83. The fraction of sp³-hybridized carbons (Fsp3) is 0.786. The van der Waals surface area contributed by atoms with E-state index in [1.807, 2.05) is 0 Å². The summed E-state index contributed by atoms with van der Waals surface area (Å²) in [5.41, 5.74) is 4.26. The molecule has 2 atom stereocenters. The average Bonchev–Trinajstić information content (AvgIpc) is 3.02. The molecule has 2 saturated heterocycles. The van der Waals surface area contributed by atoms with Gasteiger partial charge in [0.1, 0.15) is 0 Å². The summed E-state index contributed by atoms with van der Waals surface area (Å²) in [6.07, 6.45) is 0.979. The summed E-state index contributed by atoms with van der Waals surface area (Å²) >= 11 is 0. The largest absolute Gasteiger partial charge is 0.376 e. The van der Waals surface area contributed by atoms with Crippen LogP contribution < -0.4 is 5.32 Å². The van der Waals surface area contributed by atoms with Gasteiger partial charge < -0.3 is 10.1 Å². The molecule has 4 rings (SSSR count). The number of ether oxygens (including phenoxy) is 1. The second-order valence-corrected chi connectivity index (χ2v) is 6.58. The second kappa shape index (κ2) is 4.30. The minimum Gasteiger partial charge on any atom is -0.376 e. The van der Waals surface area contributed by atoms with Gasteiger partial charge in [0.05, 0.1) is 18.9 Å². The second-order valence-electron chi connectivity index (χ2n) is 6.58. The van der Waals surface area contributed by atoms with E-state index in [9.17, 15) is 0 Å². The van der Waals surface area contributed by atoms with Crippen LogP contribution in [0, 0.1) is 11.3 Å². The predicted molar refractivity (Wildman–Crippen MR) is 71.7 cm³/mol. The molecule has 0 spiro atoms. The fourth-order valence-corrected chi connectivity index (χ4v) is 3.91. The van der Waals surface area contributed by atoms with Crippen molar-refractivity contribution in [2.75, 3.05) is 32.8 Å². The first-order valence-corrected chi connectivity index (χ1v) is 7.30. The lowest BCUT2D eigenvalue weighted by Gasteiger charge is -2.22. The van der Waals surface area contributed by atoms with Gasteiger partial charge >= 0.3 is 0 Å². The number of hydrogen-bond acceptors (Lipinski definition) is 4. The molecule has 2 N–H and O–H groups in total. The fourth-order valence-electron chi connectivity index (χ4n) is 3.91. The molecule has 0 bridgehead atoms. The number of likely N-dealkylation sites (tertiary alicyclic amines) is 1. The molecule has 0 amide bonds. The van der Waals surface area contributed by atoms with Gasteiger partial charge in [-0.2, -0.15) is 5.10 Å². The number of hydrogen-bond donors (Lipinski definition) is 2. The van der Waals surface area contributed by atoms with Crippen LogP contribution in [0.2, 0.25) is 0 Å². The molecule has 0 saturated carbocycles. The van der Waals surface area contributed by atoms with Gasteiger partial charge in [-0.25, -0.2) is 0 Å². The molecule has 4 heterocycles. The molecule has 3 aliphatic rings. The molecule has 1 aromatic heterocycles. The van der Waals surface area contributed by atoms with E-state index in [0.717, 1.165) is 38.6 Å².